The number of aromatic nitrogens is 2. The molecule has 5 nitrogen and oxygen atoms in total. The number of hydrogen-bond acceptors (Lipinski definition) is 2. The smallest absolute Gasteiger partial charge is 0.248 e. The molecule has 37 heavy (non-hydrogen) atoms. The first-order valence-electron chi connectivity index (χ1n) is 12.4. The SMILES string of the molecule is Cc1ccc(/C=C/C(=O)Nc2ccccc2CC(c2c[nH]c3ccccc23)c2c[nH]c3ccccc23)o1. The quantitative estimate of drug-likeness (QED) is 0.204. The molecule has 0 aliphatic rings. The van der Waals surface area contributed by atoms with Crippen molar-refractivity contribution >= 4 is 39.5 Å². The minimum absolute atomic E-state index is 0.0759. The largest absolute Gasteiger partial charge is 0.462 e. The van der Waals surface area contributed by atoms with Gasteiger partial charge in [0.15, 0.2) is 0 Å². The third-order valence-electron chi connectivity index (χ3n) is 6.85. The molecular weight excluding hydrogens is 458 g/mol. The summed E-state index contributed by atoms with van der Waals surface area (Å²) in [5.74, 6) is 1.34. The van der Waals surface area contributed by atoms with E-state index in [0.717, 1.165) is 34.5 Å². The minimum Gasteiger partial charge on any atom is -0.462 e. The number of furan rings is 1. The molecule has 1 amide bonds. The summed E-state index contributed by atoms with van der Waals surface area (Å²) in [5.41, 5.74) is 6.56. The Hall–Kier alpha value is -4.77. The number of carbonyl (C=O) groups is 1. The Labute approximate surface area is 214 Å². The average molecular weight is 486 g/mol. The van der Waals surface area contributed by atoms with Gasteiger partial charge in [-0.25, -0.2) is 0 Å². The molecule has 0 unspecified atom stereocenters. The van der Waals surface area contributed by atoms with Gasteiger partial charge in [-0.05, 0) is 66.4 Å². The predicted octanol–water partition coefficient (Wildman–Crippen LogP) is 7.58. The summed E-state index contributed by atoms with van der Waals surface area (Å²) in [7, 11) is 0. The van der Waals surface area contributed by atoms with Crippen molar-refractivity contribution in [1.29, 1.82) is 0 Å². The maximum atomic E-state index is 12.8. The second-order valence-electron chi connectivity index (χ2n) is 9.26. The molecule has 3 aromatic heterocycles. The van der Waals surface area contributed by atoms with E-state index in [4.69, 9.17) is 4.42 Å². The predicted molar refractivity (Wildman–Crippen MR) is 150 cm³/mol. The molecule has 0 aliphatic heterocycles. The van der Waals surface area contributed by atoms with Gasteiger partial charge in [0, 0.05) is 51.9 Å². The fraction of sp³-hybridized carbons (Fsp3) is 0.0938. The number of aromatic amines is 2. The fourth-order valence-corrected chi connectivity index (χ4v) is 5.07. The van der Waals surface area contributed by atoms with Gasteiger partial charge in [0.25, 0.3) is 0 Å². The van der Waals surface area contributed by atoms with E-state index in [2.05, 4.69) is 70.1 Å². The highest BCUT2D eigenvalue weighted by atomic mass is 16.3. The van der Waals surface area contributed by atoms with E-state index in [1.165, 1.54) is 28.0 Å². The monoisotopic (exact) mass is 485 g/mol. The van der Waals surface area contributed by atoms with Gasteiger partial charge in [-0.3, -0.25) is 4.79 Å². The number of anilines is 1. The van der Waals surface area contributed by atoms with Crippen LogP contribution in [0.5, 0.6) is 0 Å². The Balaban J connectivity index is 1.36. The molecule has 0 bridgehead atoms. The zero-order valence-corrected chi connectivity index (χ0v) is 20.5. The number of H-pyrrole nitrogens is 2. The van der Waals surface area contributed by atoms with Crippen LogP contribution in [0.15, 0.2) is 108 Å². The van der Waals surface area contributed by atoms with E-state index < -0.39 is 0 Å². The van der Waals surface area contributed by atoms with E-state index in [-0.39, 0.29) is 11.8 Å². The molecule has 0 spiro atoms. The summed E-state index contributed by atoms with van der Waals surface area (Å²) in [6.45, 7) is 1.88. The first-order valence-corrected chi connectivity index (χ1v) is 12.4. The Morgan fingerprint density at radius 2 is 1.46 bits per heavy atom. The number of carbonyl (C=O) groups excluding carboxylic acids is 1. The van der Waals surface area contributed by atoms with Crippen molar-refractivity contribution in [3.63, 3.8) is 0 Å². The molecule has 182 valence electrons. The van der Waals surface area contributed by atoms with Crippen LogP contribution in [0.3, 0.4) is 0 Å². The summed E-state index contributed by atoms with van der Waals surface area (Å²) in [5, 5.41) is 5.48. The lowest BCUT2D eigenvalue weighted by molar-refractivity contribution is -0.111. The molecule has 0 fully saturated rings. The standard InChI is InChI=1S/C32H27N3O2/c1-21-14-15-23(37-21)16-17-32(36)35-29-11-5-2-8-22(29)18-26(27-19-33-30-12-6-3-9-24(27)30)28-20-34-31-13-7-4-10-25(28)31/h2-17,19-20,26,33-34H,18H2,1H3,(H,35,36)/b17-16+. The number of amides is 1. The minimum atomic E-state index is -0.197. The van der Waals surface area contributed by atoms with Crippen molar-refractivity contribution in [3.05, 3.63) is 132 Å². The number of hydrogen-bond donors (Lipinski definition) is 3. The lowest BCUT2D eigenvalue weighted by atomic mass is 9.85. The maximum Gasteiger partial charge on any atom is 0.248 e. The molecule has 6 rings (SSSR count). The first kappa shape index (κ1) is 22.7. The van der Waals surface area contributed by atoms with Crippen LogP contribution in [-0.2, 0) is 11.2 Å². The molecule has 3 heterocycles. The Kier molecular flexibility index (Phi) is 5.95. The van der Waals surface area contributed by atoms with Crippen molar-refractivity contribution in [2.45, 2.75) is 19.3 Å². The topological polar surface area (TPSA) is 73.8 Å². The van der Waals surface area contributed by atoms with Crippen molar-refractivity contribution in [3.8, 4) is 0 Å². The number of fused-ring (bicyclic) bond motifs is 2. The molecule has 3 aromatic carbocycles. The highest BCUT2D eigenvalue weighted by Crippen LogP contribution is 2.38. The molecule has 0 saturated heterocycles. The van der Waals surface area contributed by atoms with Gasteiger partial charge in [0.05, 0.1) is 0 Å². The van der Waals surface area contributed by atoms with Crippen molar-refractivity contribution in [2.75, 3.05) is 5.32 Å². The van der Waals surface area contributed by atoms with Gasteiger partial charge < -0.3 is 19.7 Å². The van der Waals surface area contributed by atoms with Gasteiger partial charge in [-0.15, -0.1) is 0 Å². The summed E-state index contributed by atoms with van der Waals surface area (Å²) in [4.78, 5) is 19.7. The zero-order valence-electron chi connectivity index (χ0n) is 20.5. The van der Waals surface area contributed by atoms with Crippen LogP contribution in [0, 0.1) is 6.92 Å². The van der Waals surface area contributed by atoms with E-state index in [1.54, 1.807) is 6.08 Å². The highest BCUT2D eigenvalue weighted by molar-refractivity contribution is 6.02. The number of rotatable bonds is 7. The third-order valence-corrected chi connectivity index (χ3v) is 6.85. The summed E-state index contributed by atoms with van der Waals surface area (Å²) in [6, 6.07) is 28.5. The Morgan fingerprint density at radius 3 is 2.11 bits per heavy atom. The van der Waals surface area contributed by atoms with Crippen LogP contribution >= 0.6 is 0 Å². The average Bonchev–Trinajstić information content (AvgIpc) is 3.65. The molecule has 6 aromatic rings. The van der Waals surface area contributed by atoms with Gasteiger partial charge in [0.2, 0.25) is 5.91 Å². The number of para-hydroxylation sites is 3. The fourth-order valence-electron chi connectivity index (χ4n) is 5.07. The second-order valence-corrected chi connectivity index (χ2v) is 9.26. The van der Waals surface area contributed by atoms with Gasteiger partial charge in [-0.2, -0.15) is 0 Å². The van der Waals surface area contributed by atoms with Crippen molar-refractivity contribution < 1.29 is 9.21 Å². The van der Waals surface area contributed by atoms with Gasteiger partial charge >= 0.3 is 0 Å². The molecule has 0 aliphatic carbocycles. The van der Waals surface area contributed by atoms with Crippen molar-refractivity contribution in [2.24, 2.45) is 0 Å². The van der Waals surface area contributed by atoms with Gasteiger partial charge in [-0.1, -0.05) is 54.6 Å². The number of benzene rings is 3. The van der Waals surface area contributed by atoms with E-state index >= 15 is 0 Å². The molecule has 0 saturated carbocycles. The van der Waals surface area contributed by atoms with Crippen LogP contribution in [0.2, 0.25) is 0 Å². The molecule has 3 N–H and O–H groups in total. The summed E-state index contributed by atoms with van der Waals surface area (Å²) >= 11 is 0. The Bertz CT molecular complexity index is 1660. The van der Waals surface area contributed by atoms with Crippen LogP contribution in [0.1, 0.15) is 34.1 Å². The summed E-state index contributed by atoms with van der Waals surface area (Å²) in [6.07, 6.45) is 8.15. The molecule has 5 heteroatoms. The van der Waals surface area contributed by atoms with Crippen LogP contribution < -0.4 is 5.32 Å². The zero-order chi connectivity index (χ0) is 25.2. The third kappa shape index (κ3) is 4.59. The number of aryl methyl sites for hydroxylation is 1. The molecule has 0 atom stereocenters. The lowest BCUT2D eigenvalue weighted by Crippen LogP contribution is -2.12. The second kappa shape index (κ2) is 9.70. The molecule has 0 radical (unpaired) electrons. The maximum absolute atomic E-state index is 12.8. The van der Waals surface area contributed by atoms with Crippen LogP contribution in [0.25, 0.3) is 27.9 Å². The van der Waals surface area contributed by atoms with E-state index in [1.807, 2.05) is 49.4 Å². The Morgan fingerprint density at radius 1 is 0.838 bits per heavy atom. The van der Waals surface area contributed by atoms with Crippen LogP contribution in [0.4, 0.5) is 5.69 Å². The lowest BCUT2D eigenvalue weighted by Gasteiger charge is -2.19. The number of nitrogens with one attached hydrogen (secondary N) is 3. The van der Waals surface area contributed by atoms with Crippen molar-refractivity contribution in [1.82, 2.24) is 9.97 Å². The van der Waals surface area contributed by atoms with E-state index in [9.17, 15) is 4.79 Å². The van der Waals surface area contributed by atoms with E-state index in [0.29, 0.717) is 5.76 Å². The van der Waals surface area contributed by atoms with Crippen LogP contribution in [-0.4, -0.2) is 15.9 Å². The van der Waals surface area contributed by atoms with Gasteiger partial charge in [0.1, 0.15) is 11.5 Å². The highest BCUT2D eigenvalue weighted by Gasteiger charge is 2.23. The summed E-state index contributed by atoms with van der Waals surface area (Å²) < 4.78 is 5.54. The molecular formula is C32H27N3O2. The normalized spacial score (nSPS) is 11.7. The first-order chi connectivity index (χ1) is 18.2.